The van der Waals surface area contributed by atoms with E-state index in [2.05, 4.69) is 21.0 Å². The van der Waals surface area contributed by atoms with Crippen LogP contribution in [0.3, 0.4) is 0 Å². The van der Waals surface area contributed by atoms with E-state index in [9.17, 15) is 4.91 Å². The number of pyridine rings is 1. The van der Waals surface area contributed by atoms with Gasteiger partial charge in [0.15, 0.2) is 14.2 Å². The molecule has 0 saturated heterocycles. The number of ether oxygens (including phenoxy) is 2. The first-order chi connectivity index (χ1) is 13.0. The number of nitroso groups, excluding NO2 is 1. The summed E-state index contributed by atoms with van der Waals surface area (Å²) >= 11 is 0. The Balaban J connectivity index is 2.11. The van der Waals surface area contributed by atoms with Gasteiger partial charge >= 0.3 is 0 Å². The normalized spacial score (nSPS) is 10.7. The molecule has 10 nitrogen and oxygen atoms in total. The van der Waals surface area contributed by atoms with Crippen molar-refractivity contribution in [1.82, 2.24) is 4.98 Å². The van der Waals surface area contributed by atoms with Crippen molar-refractivity contribution in [2.45, 2.75) is 12.7 Å². The standard InChI is InChI=1S/C16H22N5O5P/c1-25-6-7-26-14-8-13(15(20-21-22)16(17)19-14)18-9-11-2-4-12(5-3-11)10-27(23)24/h2-5,8,23-24H,6-7,9-10H2,1H3,(H,20,22)(H3,17,18,19). The van der Waals surface area contributed by atoms with Crippen molar-refractivity contribution in [1.29, 1.82) is 0 Å². The zero-order valence-corrected chi connectivity index (χ0v) is 15.6. The van der Waals surface area contributed by atoms with Gasteiger partial charge in [-0.1, -0.05) is 24.3 Å². The summed E-state index contributed by atoms with van der Waals surface area (Å²) < 4.78 is 10.4. The van der Waals surface area contributed by atoms with Gasteiger partial charge in [0, 0.05) is 25.9 Å². The number of nitrogen functional groups attached to an aromatic ring is 1. The average molecular weight is 395 g/mol. The van der Waals surface area contributed by atoms with Crippen LogP contribution < -0.4 is 21.2 Å². The summed E-state index contributed by atoms with van der Waals surface area (Å²) in [5, 5.41) is 5.82. The number of nitrogens with one attached hydrogen (secondary N) is 2. The lowest BCUT2D eigenvalue weighted by molar-refractivity contribution is 0.144. The minimum absolute atomic E-state index is 0.0709. The predicted molar refractivity (Wildman–Crippen MR) is 104 cm³/mol. The molecule has 6 N–H and O–H groups in total. The topological polar surface area (TPSA) is 151 Å². The lowest BCUT2D eigenvalue weighted by atomic mass is 10.1. The van der Waals surface area contributed by atoms with Gasteiger partial charge in [-0.15, -0.1) is 4.91 Å². The van der Waals surface area contributed by atoms with E-state index in [4.69, 9.17) is 25.0 Å². The van der Waals surface area contributed by atoms with E-state index in [-0.39, 0.29) is 23.5 Å². The Hall–Kier alpha value is -2.52. The Morgan fingerprint density at radius 2 is 1.93 bits per heavy atom. The molecule has 0 fully saturated rings. The van der Waals surface area contributed by atoms with E-state index in [1.54, 1.807) is 13.2 Å². The molecule has 0 amide bonds. The molecule has 1 heterocycles. The maximum Gasteiger partial charge on any atom is 0.217 e. The molecule has 0 atom stereocenters. The van der Waals surface area contributed by atoms with Gasteiger partial charge in [-0.3, -0.25) is 0 Å². The summed E-state index contributed by atoms with van der Waals surface area (Å²) in [6.45, 7) is 1.14. The molecule has 27 heavy (non-hydrogen) atoms. The minimum Gasteiger partial charge on any atom is -0.475 e. The van der Waals surface area contributed by atoms with Gasteiger partial charge in [0.1, 0.15) is 12.3 Å². The number of methoxy groups -OCH3 is 1. The molecule has 0 radical (unpaired) electrons. The van der Waals surface area contributed by atoms with Gasteiger partial charge in [0.05, 0.1) is 17.6 Å². The van der Waals surface area contributed by atoms with E-state index < -0.39 is 8.38 Å². The summed E-state index contributed by atoms with van der Waals surface area (Å²) in [4.78, 5) is 32.8. The van der Waals surface area contributed by atoms with Crippen LogP contribution in [0, 0.1) is 4.91 Å². The molecule has 0 unspecified atom stereocenters. The number of hydrogen-bond donors (Lipinski definition) is 5. The fraction of sp³-hybridized carbons (Fsp3) is 0.312. The Kier molecular flexibility index (Phi) is 8.15. The summed E-state index contributed by atoms with van der Waals surface area (Å²) in [5.74, 6) is 0.361. The van der Waals surface area contributed by atoms with Crippen molar-refractivity contribution in [3.05, 3.63) is 46.4 Å². The third kappa shape index (κ3) is 6.61. The molecule has 0 aliphatic rings. The first-order valence-corrected chi connectivity index (χ1v) is 9.44. The van der Waals surface area contributed by atoms with Crippen molar-refractivity contribution in [2.75, 3.05) is 36.8 Å². The van der Waals surface area contributed by atoms with Crippen molar-refractivity contribution >= 4 is 25.6 Å². The molecule has 0 spiro atoms. The number of hydrogen-bond acceptors (Lipinski definition) is 9. The summed E-state index contributed by atoms with van der Waals surface area (Å²) in [6.07, 6.45) is 0.227. The van der Waals surface area contributed by atoms with Gasteiger partial charge in [-0.05, 0) is 11.1 Å². The second kappa shape index (κ2) is 10.6. The Morgan fingerprint density at radius 1 is 1.22 bits per heavy atom. The second-order valence-electron chi connectivity index (χ2n) is 5.51. The average Bonchev–Trinajstić information content (AvgIpc) is 2.63. The minimum atomic E-state index is -1.96. The molecular weight excluding hydrogens is 373 g/mol. The largest absolute Gasteiger partial charge is 0.475 e. The van der Waals surface area contributed by atoms with E-state index >= 15 is 0 Å². The molecule has 1 aromatic heterocycles. The van der Waals surface area contributed by atoms with Crippen molar-refractivity contribution in [2.24, 2.45) is 5.29 Å². The lowest BCUT2D eigenvalue weighted by Gasteiger charge is -2.15. The maximum absolute atomic E-state index is 10.6. The van der Waals surface area contributed by atoms with E-state index in [0.29, 0.717) is 25.4 Å². The first kappa shape index (κ1) is 20.8. The second-order valence-corrected chi connectivity index (χ2v) is 6.57. The lowest BCUT2D eigenvalue weighted by Crippen LogP contribution is -2.10. The third-order valence-corrected chi connectivity index (χ3v) is 4.20. The number of anilines is 3. The molecule has 0 aliphatic heterocycles. The smallest absolute Gasteiger partial charge is 0.217 e. The zero-order valence-electron chi connectivity index (χ0n) is 14.8. The highest BCUT2D eigenvalue weighted by atomic mass is 31.2. The van der Waals surface area contributed by atoms with E-state index in [1.165, 1.54) is 0 Å². The fourth-order valence-electron chi connectivity index (χ4n) is 2.27. The molecule has 0 bridgehead atoms. The number of nitrogens with zero attached hydrogens (tertiary/aromatic N) is 2. The molecule has 2 aromatic rings. The molecular formula is C16H22N5O5P. The van der Waals surface area contributed by atoms with Crippen molar-refractivity contribution in [3.8, 4) is 5.88 Å². The number of benzene rings is 1. The fourth-order valence-corrected chi connectivity index (χ4v) is 2.81. The van der Waals surface area contributed by atoms with Crippen LogP contribution in [-0.2, 0) is 17.4 Å². The Labute approximate surface area is 157 Å². The quantitative estimate of drug-likeness (QED) is 0.167. The van der Waals surface area contributed by atoms with Gasteiger partial charge in [0.25, 0.3) is 0 Å². The zero-order chi connectivity index (χ0) is 19.6. The van der Waals surface area contributed by atoms with Gasteiger partial charge in [-0.2, -0.15) is 4.98 Å². The highest BCUT2D eigenvalue weighted by Gasteiger charge is 2.12. The van der Waals surface area contributed by atoms with Gasteiger partial charge in [0.2, 0.25) is 5.88 Å². The third-order valence-electron chi connectivity index (χ3n) is 3.55. The molecule has 11 heteroatoms. The maximum atomic E-state index is 10.6. The summed E-state index contributed by atoms with van der Waals surface area (Å²) in [7, 11) is -0.397. The summed E-state index contributed by atoms with van der Waals surface area (Å²) in [6, 6.07) is 8.99. The van der Waals surface area contributed by atoms with Crippen LogP contribution in [0.4, 0.5) is 17.2 Å². The van der Waals surface area contributed by atoms with Crippen LogP contribution in [0.15, 0.2) is 35.6 Å². The first-order valence-electron chi connectivity index (χ1n) is 8.01. The Morgan fingerprint density at radius 3 is 2.56 bits per heavy atom. The highest BCUT2D eigenvalue weighted by molar-refractivity contribution is 7.44. The van der Waals surface area contributed by atoms with Crippen LogP contribution in [0.25, 0.3) is 0 Å². The predicted octanol–water partition coefficient (Wildman–Crippen LogP) is 2.19. The number of rotatable bonds is 11. The van der Waals surface area contributed by atoms with Crippen LogP contribution in [0.2, 0.25) is 0 Å². The van der Waals surface area contributed by atoms with Crippen molar-refractivity contribution < 1.29 is 19.3 Å². The van der Waals surface area contributed by atoms with Gasteiger partial charge < -0.3 is 30.3 Å². The number of aromatic nitrogens is 1. The highest BCUT2D eigenvalue weighted by Crippen LogP contribution is 2.32. The van der Waals surface area contributed by atoms with Crippen molar-refractivity contribution in [3.63, 3.8) is 0 Å². The van der Waals surface area contributed by atoms with Gasteiger partial charge in [-0.25, -0.2) is 5.43 Å². The van der Waals surface area contributed by atoms with Crippen LogP contribution in [0.5, 0.6) is 5.88 Å². The molecule has 0 aliphatic carbocycles. The molecule has 146 valence electrons. The molecule has 0 saturated carbocycles. The number of nitrogens with two attached hydrogens (primary N) is 1. The van der Waals surface area contributed by atoms with Crippen LogP contribution in [0.1, 0.15) is 11.1 Å². The SMILES string of the molecule is COCCOc1cc(NCc2ccc(CP(O)O)cc2)c(NN=O)c(N)n1. The van der Waals surface area contributed by atoms with Crippen LogP contribution >= 0.6 is 8.38 Å². The molecule has 2 rings (SSSR count). The van der Waals surface area contributed by atoms with E-state index in [0.717, 1.165) is 11.1 Å². The monoisotopic (exact) mass is 395 g/mol. The van der Waals surface area contributed by atoms with Crippen LogP contribution in [-0.4, -0.2) is 35.1 Å². The Bertz CT molecular complexity index is 745. The molecule has 1 aromatic carbocycles. The van der Waals surface area contributed by atoms with E-state index in [1.807, 2.05) is 24.3 Å². The summed E-state index contributed by atoms with van der Waals surface area (Å²) in [5.41, 5.74) is 10.7.